The van der Waals surface area contributed by atoms with Crippen molar-refractivity contribution in [3.05, 3.63) is 71.4 Å². The first-order valence-electron chi connectivity index (χ1n) is 11.2. The average molecular weight is 427 g/mol. The van der Waals surface area contributed by atoms with Gasteiger partial charge in [0.15, 0.2) is 0 Å². The zero-order chi connectivity index (χ0) is 22.1. The van der Waals surface area contributed by atoms with Crippen LogP contribution in [0.5, 0.6) is 0 Å². The standard InChI is InChI=1S/C26H26N4O2/c27-15-19-5-3-6-20(13-19)25(32)30-11-4-9-26(18-30)10-12-29(17-26)24(31)14-21-16-28-23-8-2-1-7-22(21)23/h1-3,5-8,13,16,28H,4,9-12,14,17-18H2. The lowest BCUT2D eigenvalue weighted by atomic mass is 9.79. The second-order valence-corrected chi connectivity index (χ2v) is 9.12. The number of hydrogen-bond acceptors (Lipinski definition) is 3. The number of amides is 2. The molecule has 0 saturated carbocycles. The van der Waals surface area contributed by atoms with Crippen molar-refractivity contribution >= 4 is 22.7 Å². The summed E-state index contributed by atoms with van der Waals surface area (Å²) in [7, 11) is 0. The zero-order valence-electron chi connectivity index (χ0n) is 18.0. The van der Waals surface area contributed by atoms with E-state index in [1.165, 1.54) is 0 Å². The van der Waals surface area contributed by atoms with E-state index in [9.17, 15) is 9.59 Å². The minimum atomic E-state index is -0.0311. The molecular formula is C26H26N4O2. The monoisotopic (exact) mass is 426 g/mol. The highest BCUT2D eigenvalue weighted by Crippen LogP contribution is 2.39. The molecule has 1 N–H and O–H groups in total. The molecule has 1 spiro atoms. The molecular weight excluding hydrogens is 400 g/mol. The van der Waals surface area contributed by atoms with E-state index >= 15 is 0 Å². The Labute approximate surface area is 187 Å². The highest BCUT2D eigenvalue weighted by atomic mass is 16.2. The fourth-order valence-corrected chi connectivity index (χ4v) is 5.32. The van der Waals surface area contributed by atoms with Crippen LogP contribution in [0.2, 0.25) is 0 Å². The average Bonchev–Trinajstić information content (AvgIpc) is 3.43. The normalized spacial score (nSPS) is 20.6. The van der Waals surface area contributed by atoms with Crippen molar-refractivity contribution in [2.45, 2.75) is 25.7 Å². The first-order chi connectivity index (χ1) is 15.6. The van der Waals surface area contributed by atoms with E-state index < -0.39 is 0 Å². The molecule has 1 atom stereocenters. The minimum Gasteiger partial charge on any atom is -0.361 e. The van der Waals surface area contributed by atoms with Gasteiger partial charge in [0.2, 0.25) is 5.91 Å². The number of para-hydroxylation sites is 1. The summed E-state index contributed by atoms with van der Waals surface area (Å²) in [5.41, 5.74) is 3.11. The molecule has 1 unspecified atom stereocenters. The molecule has 2 fully saturated rings. The van der Waals surface area contributed by atoms with Crippen LogP contribution < -0.4 is 0 Å². The lowest BCUT2D eigenvalue weighted by molar-refractivity contribution is -0.129. The molecule has 32 heavy (non-hydrogen) atoms. The number of hydrogen-bond donors (Lipinski definition) is 1. The predicted octanol–water partition coefficient (Wildman–Crippen LogP) is 3.74. The molecule has 1 aromatic heterocycles. The van der Waals surface area contributed by atoms with Gasteiger partial charge in [-0.1, -0.05) is 24.3 Å². The number of nitrogens with zero attached hydrogens (tertiary/aromatic N) is 3. The van der Waals surface area contributed by atoms with Crippen LogP contribution in [-0.2, 0) is 11.2 Å². The lowest BCUT2D eigenvalue weighted by Gasteiger charge is -2.40. The SMILES string of the molecule is N#Cc1cccc(C(=O)N2CCCC3(CCN(C(=O)Cc4c[nH]c5ccccc45)C3)C2)c1. The molecule has 0 bridgehead atoms. The maximum absolute atomic E-state index is 13.1. The number of piperidine rings is 1. The molecule has 6 heteroatoms. The van der Waals surface area contributed by atoms with Crippen LogP contribution in [0.15, 0.2) is 54.7 Å². The van der Waals surface area contributed by atoms with Crippen LogP contribution >= 0.6 is 0 Å². The third-order valence-electron chi connectivity index (χ3n) is 6.99. The molecule has 5 rings (SSSR count). The Kier molecular flexibility index (Phi) is 5.18. The molecule has 3 aromatic rings. The lowest BCUT2D eigenvalue weighted by Crippen LogP contribution is -2.47. The summed E-state index contributed by atoms with van der Waals surface area (Å²) < 4.78 is 0. The summed E-state index contributed by atoms with van der Waals surface area (Å²) in [5, 5.41) is 10.2. The number of nitrogens with one attached hydrogen (secondary N) is 1. The van der Waals surface area contributed by atoms with Gasteiger partial charge in [0, 0.05) is 54.3 Å². The number of benzene rings is 2. The number of carbonyl (C=O) groups is 2. The Balaban J connectivity index is 1.26. The maximum atomic E-state index is 13.1. The van der Waals surface area contributed by atoms with E-state index in [0.717, 1.165) is 48.8 Å². The van der Waals surface area contributed by atoms with Crippen LogP contribution in [0.25, 0.3) is 10.9 Å². The molecule has 2 amide bonds. The smallest absolute Gasteiger partial charge is 0.253 e. The van der Waals surface area contributed by atoms with E-state index in [1.54, 1.807) is 24.3 Å². The number of rotatable bonds is 3. The topological polar surface area (TPSA) is 80.2 Å². The number of aromatic amines is 1. The van der Waals surface area contributed by atoms with Gasteiger partial charge in [0.25, 0.3) is 5.91 Å². The number of aromatic nitrogens is 1. The van der Waals surface area contributed by atoms with E-state index in [2.05, 4.69) is 11.1 Å². The Hall–Kier alpha value is -3.59. The van der Waals surface area contributed by atoms with Crippen molar-refractivity contribution < 1.29 is 9.59 Å². The predicted molar refractivity (Wildman–Crippen MR) is 122 cm³/mol. The van der Waals surface area contributed by atoms with Gasteiger partial charge in [0.1, 0.15) is 0 Å². The number of H-pyrrole nitrogens is 1. The van der Waals surface area contributed by atoms with Crippen LogP contribution in [0.1, 0.15) is 40.7 Å². The maximum Gasteiger partial charge on any atom is 0.253 e. The van der Waals surface area contributed by atoms with E-state index in [-0.39, 0.29) is 17.2 Å². The van der Waals surface area contributed by atoms with Gasteiger partial charge in [0.05, 0.1) is 18.1 Å². The van der Waals surface area contributed by atoms with Crippen LogP contribution in [0.4, 0.5) is 0 Å². The number of fused-ring (bicyclic) bond motifs is 1. The van der Waals surface area contributed by atoms with Crippen molar-refractivity contribution in [1.29, 1.82) is 5.26 Å². The molecule has 2 aliphatic heterocycles. The summed E-state index contributed by atoms with van der Waals surface area (Å²) >= 11 is 0. The van der Waals surface area contributed by atoms with Crippen molar-refractivity contribution in [1.82, 2.24) is 14.8 Å². The molecule has 3 heterocycles. The summed E-state index contributed by atoms with van der Waals surface area (Å²) in [6.07, 6.45) is 5.23. The minimum absolute atomic E-state index is 0.0234. The van der Waals surface area contributed by atoms with E-state index in [0.29, 0.717) is 30.6 Å². The molecule has 2 aliphatic rings. The van der Waals surface area contributed by atoms with Crippen molar-refractivity contribution in [3.8, 4) is 6.07 Å². The highest BCUT2D eigenvalue weighted by molar-refractivity contribution is 5.94. The fraction of sp³-hybridized carbons (Fsp3) is 0.346. The van der Waals surface area contributed by atoms with Gasteiger partial charge in [-0.25, -0.2) is 0 Å². The van der Waals surface area contributed by atoms with Gasteiger partial charge >= 0.3 is 0 Å². The molecule has 162 valence electrons. The number of nitriles is 1. The van der Waals surface area contributed by atoms with Gasteiger partial charge in [-0.05, 0) is 49.1 Å². The quantitative estimate of drug-likeness (QED) is 0.693. The highest BCUT2D eigenvalue weighted by Gasteiger charge is 2.43. The van der Waals surface area contributed by atoms with E-state index in [4.69, 9.17) is 5.26 Å². The van der Waals surface area contributed by atoms with Gasteiger partial charge < -0.3 is 14.8 Å². The number of likely N-dealkylation sites (tertiary alicyclic amines) is 2. The summed E-state index contributed by atoms with van der Waals surface area (Å²) in [4.78, 5) is 33.3. The summed E-state index contributed by atoms with van der Waals surface area (Å²) in [5.74, 6) is 0.126. The van der Waals surface area contributed by atoms with Crippen molar-refractivity contribution in [2.75, 3.05) is 26.2 Å². The third-order valence-corrected chi connectivity index (χ3v) is 6.99. The zero-order valence-corrected chi connectivity index (χ0v) is 18.0. The van der Waals surface area contributed by atoms with Crippen molar-refractivity contribution in [2.24, 2.45) is 5.41 Å². The van der Waals surface area contributed by atoms with Crippen LogP contribution in [0, 0.1) is 16.7 Å². The molecule has 6 nitrogen and oxygen atoms in total. The first-order valence-corrected chi connectivity index (χ1v) is 11.2. The van der Waals surface area contributed by atoms with Crippen LogP contribution in [-0.4, -0.2) is 52.8 Å². The second kappa shape index (κ2) is 8.16. The van der Waals surface area contributed by atoms with Gasteiger partial charge in [-0.15, -0.1) is 0 Å². The van der Waals surface area contributed by atoms with Gasteiger partial charge in [-0.2, -0.15) is 5.26 Å². The molecule has 2 saturated heterocycles. The molecule has 0 aliphatic carbocycles. The van der Waals surface area contributed by atoms with E-state index in [1.807, 2.05) is 40.3 Å². The largest absolute Gasteiger partial charge is 0.361 e. The van der Waals surface area contributed by atoms with Gasteiger partial charge in [-0.3, -0.25) is 9.59 Å². The Morgan fingerprint density at radius 3 is 2.75 bits per heavy atom. The second-order valence-electron chi connectivity index (χ2n) is 9.12. The summed E-state index contributed by atoms with van der Waals surface area (Å²) in [6.45, 7) is 2.84. The third kappa shape index (κ3) is 3.75. The first kappa shape index (κ1) is 20.3. The Morgan fingerprint density at radius 1 is 1.03 bits per heavy atom. The number of carbonyl (C=O) groups excluding carboxylic acids is 2. The Bertz CT molecular complexity index is 1220. The fourth-order valence-electron chi connectivity index (χ4n) is 5.32. The Morgan fingerprint density at radius 2 is 1.88 bits per heavy atom. The molecule has 2 aromatic carbocycles. The molecule has 0 radical (unpaired) electrons. The van der Waals surface area contributed by atoms with Crippen LogP contribution in [0.3, 0.4) is 0 Å². The van der Waals surface area contributed by atoms with Crippen molar-refractivity contribution in [3.63, 3.8) is 0 Å². The summed E-state index contributed by atoms with van der Waals surface area (Å²) in [6, 6.07) is 17.1.